The third kappa shape index (κ3) is 9.34. The van der Waals surface area contributed by atoms with Gasteiger partial charge in [-0.25, -0.2) is 0 Å². The van der Waals surface area contributed by atoms with Gasteiger partial charge in [0, 0.05) is 19.8 Å². The van der Waals surface area contributed by atoms with Gasteiger partial charge in [-0.1, -0.05) is 25.3 Å². The van der Waals surface area contributed by atoms with Crippen molar-refractivity contribution in [3.63, 3.8) is 0 Å². The maximum absolute atomic E-state index is 4.29. The van der Waals surface area contributed by atoms with Crippen LogP contribution in [0.1, 0.15) is 37.8 Å². The highest BCUT2D eigenvalue weighted by Gasteiger charge is 1.98. The molecule has 0 aromatic carbocycles. The van der Waals surface area contributed by atoms with E-state index in [0.717, 1.165) is 18.2 Å². The number of hydrogen-bond donors (Lipinski definition) is 2. The Morgan fingerprint density at radius 1 is 1.09 bits per heavy atom. The third-order valence-electron chi connectivity index (χ3n) is 3.46. The molecule has 0 aliphatic heterocycles. The number of rotatable bonds is 10. The van der Waals surface area contributed by atoms with Gasteiger partial charge in [0.15, 0.2) is 5.96 Å². The van der Waals surface area contributed by atoms with Crippen molar-refractivity contribution < 1.29 is 0 Å². The van der Waals surface area contributed by atoms with E-state index in [9.17, 15) is 0 Å². The molecule has 1 rings (SSSR count). The first-order valence-electron chi connectivity index (χ1n) is 8.21. The van der Waals surface area contributed by atoms with Crippen LogP contribution in [0.4, 0.5) is 0 Å². The minimum atomic E-state index is 0.699. The van der Waals surface area contributed by atoms with Crippen molar-refractivity contribution in [3.05, 3.63) is 30.1 Å². The molecule has 1 aromatic rings. The fourth-order valence-corrected chi connectivity index (χ4v) is 2.19. The molecule has 2 N–H and O–H groups in total. The van der Waals surface area contributed by atoms with Crippen molar-refractivity contribution >= 4 is 5.96 Å². The largest absolute Gasteiger partial charge is 0.356 e. The molecular formula is C17H31N5. The second kappa shape index (κ2) is 12.0. The molecule has 1 aromatic heterocycles. The number of aromatic nitrogens is 1. The molecule has 5 nitrogen and oxygen atoms in total. The van der Waals surface area contributed by atoms with Gasteiger partial charge < -0.3 is 15.5 Å². The zero-order chi connectivity index (χ0) is 16.0. The summed E-state index contributed by atoms with van der Waals surface area (Å²) in [6.07, 6.45) is 8.21. The van der Waals surface area contributed by atoms with Crippen LogP contribution in [-0.2, 0) is 6.54 Å². The number of guanidine groups is 1. The van der Waals surface area contributed by atoms with Gasteiger partial charge in [0.2, 0.25) is 0 Å². The maximum Gasteiger partial charge on any atom is 0.191 e. The Morgan fingerprint density at radius 2 is 1.86 bits per heavy atom. The van der Waals surface area contributed by atoms with E-state index in [2.05, 4.69) is 39.6 Å². The lowest BCUT2D eigenvalue weighted by molar-refractivity contribution is 0.389. The smallest absolute Gasteiger partial charge is 0.191 e. The number of pyridine rings is 1. The van der Waals surface area contributed by atoms with Crippen LogP contribution in [0.15, 0.2) is 29.4 Å². The second-order valence-electron chi connectivity index (χ2n) is 5.74. The van der Waals surface area contributed by atoms with Gasteiger partial charge in [-0.05, 0) is 45.6 Å². The highest BCUT2D eigenvalue weighted by Crippen LogP contribution is 2.02. The lowest BCUT2D eigenvalue weighted by Gasteiger charge is -2.11. The Kier molecular flexibility index (Phi) is 10.0. The zero-order valence-corrected chi connectivity index (χ0v) is 14.3. The molecule has 1 heterocycles. The Balaban J connectivity index is 2.02. The lowest BCUT2D eigenvalue weighted by Crippen LogP contribution is -2.37. The Hall–Kier alpha value is -1.62. The minimum Gasteiger partial charge on any atom is -0.356 e. The quantitative estimate of drug-likeness (QED) is 0.395. The fourth-order valence-electron chi connectivity index (χ4n) is 2.19. The summed E-state index contributed by atoms with van der Waals surface area (Å²) < 4.78 is 0. The number of hydrogen-bond acceptors (Lipinski definition) is 3. The maximum atomic E-state index is 4.29. The van der Waals surface area contributed by atoms with E-state index >= 15 is 0 Å². The molecule has 0 atom stereocenters. The molecule has 22 heavy (non-hydrogen) atoms. The molecule has 0 bridgehead atoms. The van der Waals surface area contributed by atoms with Crippen LogP contribution in [0, 0.1) is 0 Å². The van der Waals surface area contributed by atoms with E-state index in [1.165, 1.54) is 38.6 Å². The monoisotopic (exact) mass is 305 g/mol. The van der Waals surface area contributed by atoms with Gasteiger partial charge in [0.05, 0.1) is 12.2 Å². The van der Waals surface area contributed by atoms with Gasteiger partial charge in [-0.3, -0.25) is 9.98 Å². The average molecular weight is 305 g/mol. The molecule has 0 amide bonds. The summed E-state index contributed by atoms with van der Waals surface area (Å²) in [7, 11) is 6.07. The molecule has 0 radical (unpaired) electrons. The predicted molar refractivity (Wildman–Crippen MR) is 94.1 cm³/mol. The SMILES string of the molecule is CN=C(NCCCCCCCN(C)C)NCc1ccccn1. The van der Waals surface area contributed by atoms with Crippen molar-refractivity contribution in [1.82, 2.24) is 20.5 Å². The van der Waals surface area contributed by atoms with Crippen LogP contribution in [0.2, 0.25) is 0 Å². The Bertz CT molecular complexity index is 403. The molecule has 5 heteroatoms. The van der Waals surface area contributed by atoms with Crippen LogP contribution < -0.4 is 10.6 Å². The summed E-state index contributed by atoms with van der Waals surface area (Å²) in [6.45, 7) is 2.86. The lowest BCUT2D eigenvalue weighted by atomic mass is 10.1. The summed E-state index contributed by atoms with van der Waals surface area (Å²) in [5, 5.41) is 6.63. The molecule has 0 unspecified atom stereocenters. The summed E-state index contributed by atoms with van der Waals surface area (Å²) in [4.78, 5) is 10.8. The van der Waals surface area contributed by atoms with Gasteiger partial charge >= 0.3 is 0 Å². The average Bonchev–Trinajstić information content (AvgIpc) is 2.53. The summed E-state index contributed by atoms with van der Waals surface area (Å²) >= 11 is 0. The van der Waals surface area contributed by atoms with Crippen LogP contribution in [-0.4, -0.2) is 50.1 Å². The van der Waals surface area contributed by atoms with Crippen LogP contribution in [0.5, 0.6) is 0 Å². The molecule has 0 aliphatic carbocycles. The molecule has 0 saturated carbocycles. The van der Waals surface area contributed by atoms with Crippen LogP contribution >= 0.6 is 0 Å². The second-order valence-corrected chi connectivity index (χ2v) is 5.74. The molecule has 0 saturated heterocycles. The van der Waals surface area contributed by atoms with Gasteiger partial charge in [-0.15, -0.1) is 0 Å². The third-order valence-corrected chi connectivity index (χ3v) is 3.46. The molecular weight excluding hydrogens is 274 g/mol. The summed E-state index contributed by atoms with van der Waals surface area (Å²) in [5.41, 5.74) is 1.02. The molecule has 0 aliphatic rings. The first kappa shape index (κ1) is 18.4. The Morgan fingerprint density at radius 3 is 2.55 bits per heavy atom. The molecule has 0 fully saturated rings. The van der Waals surface area contributed by atoms with Gasteiger partial charge in [0.1, 0.15) is 0 Å². The highest BCUT2D eigenvalue weighted by molar-refractivity contribution is 5.79. The first-order valence-corrected chi connectivity index (χ1v) is 8.21. The number of aliphatic imine (C=N–C) groups is 1. The fraction of sp³-hybridized carbons (Fsp3) is 0.647. The van der Waals surface area contributed by atoms with Gasteiger partial charge in [-0.2, -0.15) is 0 Å². The van der Waals surface area contributed by atoms with Crippen molar-refractivity contribution in [3.8, 4) is 0 Å². The predicted octanol–water partition coefficient (Wildman–Crippen LogP) is 2.26. The van der Waals surface area contributed by atoms with Crippen LogP contribution in [0.3, 0.4) is 0 Å². The normalized spacial score (nSPS) is 11.7. The van der Waals surface area contributed by atoms with Crippen molar-refractivity contribution in [1.29, 1.82) is 0 Å². The summed E-state index contributed by atoms with van der Waals surface area (Å²) in [5.74, 6) is 0.846. The van der Waals surface area contributed by atoms with E-state index in [1.807, 2.05) is 24.4 Å². The van der Waals surface area contributed by atoms with Crippen molar-refractivity contribution in [2.45, 2.75) is 38.6 Å². The molecule has 0 spiro atoms. The summed E-state index contributed by atoms with van der Waals surface area (Å²) in [6, 6.07) is 5.93. The molecule has 124 valence electrons. The van der Waals surface area contributed by atoms with E-state index in [1.54, 1.807) is 7.05 Å². The first-order chi connectivity index (χ1) is 10.7. The van der Waals surface area contributed by atoms with Gasteiger partial charge in [0.25, 0.3) is 0 Å². The Labute approximate surface area is 135 Å². The van der Waals surface area contributed by atoms with E-state index in [4.69, 9.17) is 0 Å². The van der Waals surface area contributed by atoms with E-state index in [-0.39, 0.29) is 0 Å². The van der Waals surface area contributed by atoms with E-state index in [0.29, 0.717) is 6.54 Å². The van der Waals surface area contributed by atoms with E-state index < -0.39 is 0 Å². The number of unbranched alkanes of at least 4 members (excludes halogenated alkanes) is 4. The van der Waals surface area contributed by atoms with Crippen LogP contribution in [0.25, 0.3) is 0 Å². The minimum absolute atomic E-state index is 0.699. The number of nitrogens with zero attached hydrogens (tertiary/aromatic N) is 3. The zero-order valence-electron chi connectivity index (χ0n) is 14.3. The number of nitrogens with one attached hydrogen (secondary N) is 2. The topological polar surface area (TPSA) is 52.6 Å². The van der Waals surface area contributed by atoms with Crippen molar-refractivity contribution in [2.24, 2.45) is 4.99 Å². The van der Waals surface area contributed by atoms with Crippen molar-refractivity contribution in [2.75, 3.05) is 34.2 Å². The highest BCUT2D eigenvalue weighted by atomic mass is 15.2. The standard InChI is InChI=1S/C17H31N5/c1-18-17(21-15-16-11-7-9-12-19-16)20-13-8-5-4-6-10-14-22(2)3/h7,9,11-12H,4-6,8,10,13-15H2,1-3H3,(H2,18,20,21).